The van der Waals surface area contributed by atoms with Gasteiger partial charge in [-0.05, 0) is 24.1 Å². The predicted octanol–water partition coefficient (Wildman–Crippen LogP) is 3.53. The molecule has 2 aromatic carbocycles. The van der Waals surface area contributed by atoms with E-state index in [2.05, 4.69) is 0 Å². The molecule has 0 spiro atoms. The maximum atomic E-state index is 12.7. The number of aliphatic hydroxyl groups is 1. The molecule has 0 aliphatic carbocycles. The Bertz CT molecular complexity index is 857. The van der Waals surface area contributed by atoms with Crippen molar-refractivity contribution in [3.05, 3.63) is 71.3 Å². The van der Waals surface area contributed by atoms with Gasteiger partial charge in [0.05, 0.1) is 24.3 Å². The van der Waals surface area contributed by atoms with E-state index in [1.165, 1.54) is 12.0 Å². The van der Waals surface area contributed by atoms with E-state index in [-0.39, 0.29) is 11.3 Å². The molecule has 0 aromatic heterocycles. The number of methoxy groups -OCH3 is 1. The van der Waals surface area contributed by atoms with E-state index in [9.17, 15) is 14.7 Å². The number of carbonyl (C=O) groups is 2. The van der Waals surface area contributed by atoms with Crippen LogP contribution in [0.25, 0.3) is 5.76 Å². The molecule has 1 fully saturated rings. The molecule has 0 saturated carbocycles. The maximum Gasteiger partial charge on any atom is 0.295 e. The van der Waals surface area contributed by atoms with Crippen molar-refractivity contribution < 1.29 is 19.4 Å². The second-order valence-electron chi connectivity index (χ2n) is 6.10. The molecule has 3 rings (SSSR count). The monoisotopic (exact) mass is 351 g/mol. The minimum atomic E-state index is -0.671. The molecule has 1 saturated heterocycles. The van der Waals surface area contributed by atoms with Crippen LogP contribution in [-0.4, -0.2) is 35.4 Å². The van der Waals surface area contributed by atoms with Gasteiger partial charge in [-0.15, -0.1) is 0 Å². The van der Waals surface area contributed by atoms with Crippen LogP contribution in [0, 0.1) is 0 Å². The molecule has 1 atom stereocenters. The van der Waals surface area contributed by atoms with Crippen LogP contribution in [0.3, 0.4) is 0 Å². The summed E-state index contributed by atoms with van der Waals surface area (Å²) in [5.41, 5.74) is 1.28. The number of para-hydroxylation sites is 1. The number of ether oxygens (including phenoxy) is 1. The lowest BCUT2D eigenvalue weighted by molar-refractivity contribution is -0.139. The number of nitrogens with zero attached hydrogens (tertiary/aromatic N) is 1. The van der Waals surface area contributed by atoms with Crippen LogP contribution < -0.4 is 4.74 Å². The number of carbonyl (C=O) groups excluding carboxylic acids is 2. The van der Waals surface area contributed by atoms with Crippen LogP contribution in [0.2, 0.25) is 0 Å². The molecular formula is C21H21NO4. The SMILES string of the molecule is CCCN1C(=O)C(=O)/C(=C(\O)c2ccccc2OC)C1c1ccccc1. The van der Waals surface area contributed by atoms with Crippen LogP contribution in [0.5, 0.6) is 5.75 Å². The number of aliphatic hydroxyl groups excluding tert-OH is 1. The highest BCUT2D eigenvalue weighted by Gasteiger charge is 2.45. The second kappa shape index (κ2) is 7.44. The summed E-state index contributed by atoms with van der Waals surface area (Å²) in [6.07, 6.45) is 0.713. The van der Waals surface area contributed by atoms with Crippen LogP contribution >= 0.6 is 0 Å². The fraction of sp³-hybridized carbons (Fsp3) is 0.238. The van der Waals surface area contributed by atoms with E-state index >= 15 is 0 Å². The molecular weight excluding hydrogens is 330 g/mol. The van der Waals surface area contributed by atoms with E-state index in [1.807, 2.05) is 37.3 Å². The molecule has 5 heteroatoms. The molecule has 5 nitrogen and oxygen atoms in total. The molecule has 1 aliphatic rings. The Balaban J connectivity index is 2.22. The van der Waals surface area contributed by atoms with Crippen molar-refractivity contribution >= 4 is 17.4 Å². The highest BCUT2D eigenvalue weighted by Crippen LogP contribution is 2.40. The van der Waals surface area contributed by atoms with Gasteiger partial charge in [0.25, 0.3) is 11.7 Å². The third-order valence-corrected chi connectivity index (χ3v) is 4.48. The smallest absolute Gasteiger partial charge is 0.295 e. The van der Waals surface area contributed by atoms with Gasteiger partial charge < -0.3 is 14.7 Å². The summed E-state index contributed by atoms with van der Waals surface area (Å²) in [5.74, 6) is -1.03. The number of hydrogen-bond acceptors (Lipinski definition) is 4. The highest BCUT2D eigenvalue weighted by atomic mass is 16.5. The third kappa shape index (κ3) is 2.96. The summed E-state index contributed by atoms with van der Waals surface area (Å²) in [5, 5.41) is 10.9. The summed E-state index contributed by atoms with van der Waals surface area (Å²) in [7, 11) is 1.50. The molecule has 0 radical (unpaired) electrons. The lowest BCUT2D eigenvalue weighted by atomic mass is 9.95. The van der Waals surface area contributed by atoms with E-state index in [4.69, 9.17) is 4.74 Å². The fourth-order valence-electron chi connectivity index (χ4n) is 3.32. The summed E-state index contributed by atoms with van der Waals surface area (Å²) in [4.78, 5) is 26.8. The Hall–Kier alpha value is -3.08. The topological polar surface area (TPSA) is 66.8 Å². The Morgan fingerprint density at radius 3 is 2.38 bits per heavy atom. The number of ketones is 1. The van der Waals surface area contributed by atoms with Crippen LogP contribution in [-0.2, 0) is 9.59 Å². The van der Waals surface area contributed by atoms with Crippen LogP contribution in [0.1, 0.15) is 30.5 Å². The van der Waals surface area contributed by atoms with Crippen molar-refractivity contribution in [3.63, 3.8) is 0 Å². The quantitative estimate of drug-likeness (QED) is 0.508. The minimum Gasteiger partial charge on any atom is -0.507 e. The lowest BCUT2D eigenvalue weighted by Crippen LogP contribution is -2.30. The summed E-state index contributed by atoms with van der Waals surface area (Å²) >= 11 is 0. The van der Waals surface area contributed by atoms with Gasteiger partial charge in [0.2, 0.25) is 0 Å². The van der Waals surface area contributed by atoms with E-state index < -0.39 is 17.7 Å². The van der Waals surface area contributed by atoms with Gasteiger partial charge in [0, 0.05) is 6.54 Å². The minimum absolute atomic E-state index is 0.0964. The average Bonchev–Trinajstić information content (AvgIpc) is 2.93. The van der Waals surface area contributed by atoms with Gasteiger partial charge in [-0.3, -0.25) is 9.59 Å². The number of Topliss-reactive ketones (excluding diaryl/α,β-unsaturated/α-hetero) is 1. The Kier molecular flexibility index (Phi) is 5.07. The molecule has 2 aromatic rings. The summed E-state index contributed by atoms with van der Waals surface area (Å²) in [6.45, 7) is 2.38. The van der Waals surface area contributed by atoms with E-state index in [0.717, 1.165) is 5.56 Å². The molecule has 1 aliphatic heterocycles. The first-order valence-corrected chi connectivity index (χ1v) is 8.56. The third-order valence-electron chi connectivity index (χ3n) is 4.48. The first kappa shape index (κ1) is 17.7. The van der Waals surface area contributed by atoms with Crippen molar-refractivity contribution in [2.75, 3.05) is 13.7 Å². The molecule has 0 bridgehead atoms. The van der Waals surface area contributed by atoms with Crippen LogP contribution in [0.15, 0.2) is 60.2 Å². The Morgan fingerprint density at radius 2 is 1.73 bits per heavy atom. The molecule has 26 heavy (non-hydrogen) atoms. The van der Waals surface area contributed by atoms with E-state index in [1.54, 1.807) is 24.3 Å². The van der Waals surface area contributed by atoms with Crippen molar-refractivity contribution in [2.45, 2.75) is 19.4 Å². The van der Waals surface area contributed by atoms with Gasteiger partial charge in [-0.2, -0.15) is 0 Å². The number of amides is 1. The Morgan fingerprint density at radius 1 is 1.08 bits per heavy atom. The molecule has 1 heterocycles. The van der Waals surface area contributed by atoms with Gasteiger partial charge in [0.15, 0.2) is 0 Å². The number of hydrogen-bond donors (Lipinski definition) is 1. The van der Waals surface area contributed by atoms with Crippen molar-refractivity contribution in [2.24, 2.45) is 0 Å². The second-order valence-corrected chi connectivity index (χ2v) is 6.10. The number of likely N-dealkylation sites (tertiary alicyclic amines) is 1. The highest BCUT2D eigenvalue weighted by molar-refractivity contribution is 6.46. The molecule has 134 valence electrons. The number of rotatable bonds is 5. The van der Waals surface area contributed by atoms with Crippen molar-refractivity contribution in [1.82, 2.24) is 4.90 Å². The average molecular weight is 351 g/mol. The molecule has 1 N–H and O–H groups in total. The van der Waals surface area contributed by atoms with Gasteiger partial charge in [0.1, 0.15) is 11.5 Å². The van der Waals surface area contributed by atoms with Crippen LogP contribution in [0.4, 0.5) is 0 Å². The van der Waals surface area contributed by atoms with Gasteiger partial charge in [-0.1, -0.05) is 49.4 Å². The van der Waals surface area contributed by atoms with Gasteiger partial charge in [-0.25, -0.2) is 0 Å². The maximum absolute atomic E-state index is 12.7. The molecule has 1 unspecified atom stereocenters. The lowest BCUT2D eigenvalue weighted by Gasteiger charge is -2.25. The zero-order chi connectivity index (χ0) is 18.7. The first-order valence-electron chi connectivity index (χ1n) is 8.56. The van der Waals surface area contributed by atoms with Gasteiger partial charge >= 0.3 is 0 Å². The largest absolute Gasteiger partial charge is 0.507 e. The summed E-state index contributed by atoms with van der Waals surface area (Å²) < 4.78 is 5.30. The Labute approximate surface area is 152 Å². The predicted molar refractivity (Wildman–Crippen MR) is 98.7 cm³/mol. The fourth-order valence-corrected chi connectivity index (χ4v) is 3.32. The zero-order valence-electron chi connectivity index (χ0n) is 14.8. The van der Waals surface area contributed by atoms with E-state index in [0.29, 0.717) is 24.3 Å². The normalized spacial score (nSPS) is 19.0. The molecule has 1 amide bonds. The van der Waals surface area contributed by atoms with Crippen molar-refractivity contribution in [1.29, 1.82) is 0 Å². The summed E-state index contributed by atoms with van der Waals surface area (Å²) in [6, 6.07) is 15.6. The first-order chi connectivity index (χ1) is 12.6. The zero-order valence-corrected chi connectivity index (χ0v) is 14.8. The number of benzene rings is 2. The van der Waals surface area contributed by atoms with Crippen molar-refractivity contribution in [3.8, 4) is 5.75 Å². The standard InChI is InChI=1S/C21H21NO4/c1-3-13-22-18(14-9-5-4-6-10-14)17(20(24)21(22)25)19(23)15-11-7-8-12-16(15)26-2/h4-12,18,23H,3,13H2,1-2H3/b19-17-.